The summed E-state index contributed by atoms with van der Waals surface area (Å²) in [6.07, 6.45) is 5.35. The van der Waals surface area contributed by atoms with Crippen LogP contribution in [0.15, 0.2) is 0 Å². The second-order valence-corrected chi connectivity index (χ2v) is 6.18. The maximum atomic E-state index is 6.11. The third-order valence-corrected chi connectivity index (χ3v) is 4.54. The minimum absolute atomic E-state index is 0.376. The fourth-order valence-electron chi connectivity index (χ4n) is 3.09. The molecule has 2 saturated heterocycles. The molecule has 3 heteroatoms. The minimum atomic E-state index is 0.376. The minimum Gasteiger partial charge on any atom is -0.327 e. The lowest BCUT2D eigenvalue weighted by molar-refractivity contribution is 0.227. The summed E-state index contributed by atoms with van der Waals surface area (Å²) in [6, 6.07) is 1.22. The van der Waals surface area contributed by atoms with Crippen LogP contribution in [-0.4, -0.2) is 54.6 Å². The molecule has 0 bridgehead atoms. The van der Waals surface area contributed by atoms with E-state index in [4.69, 9.17) is 5.73 Å². The standard InChI is InChI=1S/C14H29N3/c1-12(2)14(15)6-10-16-9-5-13(11-16)17-7-3-4-8-17/h12-14H,3-11,15H2,1-2H3. The quantitative estimate of drug-likeness (QED) is 0.790. The van der Waals surface area contributed by atoms with E-state index in [1.165, 1.54) is 52.0 Å². The average molecular weight is 239 g/mol. The van der Waals surface area contributed by atoms with Gasteiger partial charge in [-0.1, -0.05) is 13.8 Å². The van der Waals surface area contributed by atoms with Crippen LogP contribution < -0.4 is 5.73 Å². The maximum absolute atomic E-state index is 6.11. The Labute approximate surface area is 106 Å². The fraction of sp³-hybridized carbons (Fsp3) is 1.00. The summed E-state index contributed by atoms with van der Waals surface area (Å²) in [5.41, 5.74) is 6.11. The maximum Gasteiger partial charge on any atom is 0.0235 e. The highest BCUT2D eigenvalue weighted by Gasteiger charge is 2.29. The van der Waals surface area contributed by atoms with E-state index in [1.807, 2.05) is 0 Å². The third kappa shape index (κ3) is 3.67. The Morgan fingerprint density at radius 3 is 2.53 bits per heavy atom. The van der Waals surface area contributed by atoms with Gasteiger partial charge in [-0.3, -0.25) is 4.90 Å². The molecule has 100 valence electrons. The van der Waals surface area contributed by atoms with Gasteiger partial charge in [0, 0.05) is 18.6 Å². The van der Waals surface area contributed by atoms with E-state index in [0.29, 0.717) is 12.0 Å². The summed E-state index contributed by atoms with van der Waals surface area (Å²) in [7, 11) is 0. The van der Waals surface area contributed by atoms with E-state index in [-0.39, 0.29) is 0 Å². The Morgan fingerprint density at radius 1 is 1.18 bits per heavy atom. The van der Waals surface area contributed by atoms with Crippen molar-refractivity contribution in [2.75, 3.05) is 32.7 Å². The van der Waals surface area contributed by atoms with Gasteiger partial charge in [-0.15, -0.1) is 0 Å². The highest BCUT2D eigenvalue weighted by atomic mass is 15.3. The van der Waals surface area contributed by atoms with Crippen molar-refractivity contribution >= 4 is 0 Å². The second kappa shape index (κ2) is 6.17. The van der Waals surface area contributed by atoms with Gasteiger partial charge in [0.05, 0.1) is 0 Å². The molecule has 0 amide bonds. The summed E-state index contributed by atoms with van der Waals surface area (Å²) in [5, 5.41) is 0. The van der Waals surface area contributed by atoms with Gasteiger partial charge in [-0.2, -0.15) is 0 Å². The molecule has 0 spiro atoms. The van der Waals surface area contributed by atoms with Crippen LogP contribution in [0.3, 0.4) is 0 Å². The molecule has 2 N–H and O–H groups in total. The number of nitrogens with two attached hydrogens (primary N) is 1. The molecule has 0 radical (unpaired) electrons. The Balaban J connectivity index is 1.67. The predicted octanol–water partition coefficient (Wildman–Crippen LogP) is 1.53. The lowest BCUT2D eigenvalue weighted by atomic mass is 10.0. The molecule has 2 rings (SSSR count). The molecule has 0 aromatic carbocycles. The van der Waals surface area contributed by atoms with E-state index in [1.54, 1.807) is 0 Å². The molecular weight excluding hydrogens is 210 g/mol. The zero-order valence-corrected chi connectivity index (χ0v) is 11.6. The average Bonchev–Trinajstić information content (AvgIpc) is 2.95. The number of rotatable bonds is 5. The number of hydrogen-bond acceptors (Lipinski definition) is 3. The van der Waals surface area contributed by atoms with E-state index in [2.05, 4.69) is 23.6 Å². The molecule has 2 unspecified atom stereocenters. The van der Waals surface area contributed by atoms with Gasteiger partial charge in [0.1, 0.15) is 0 Å². The van der Waals surface area contributed by atoms with Gasteiger partial charge in [0.25, 0.3) is 0 Å². The molecular formula is C14H29N3. The van der Waals surface area contributed by atoms with Gasteiger partial charge in [0.15, 0.2) is 0 Å². The summed E-state index contributed by atoms with van der Waals surface area (Å²) in [6.45, 7) is 10.9. The Morgan fingerprint density at radius 2 is 1.88 bits per heavy atom. The van der Waals surface area contributed by atoms with Gasteiger partial charge < -0.3 is 10.6 Å². The molecule has 0 saturated carbocycles. The summed E-state index contributed by atoms with van der Waals surface area (Å²) < 4.78 is 0. The first-order chi connectivity index (χ1) is 8.16. The number of likely N-dealkylation sites (tertiary alicyclic amines) is 2. The van der Waals surface area contributed by atoms with Crippen molar-refractivity contribution in [1.82, 2.24) is 9.80 Å². The molecule has 2 atom stereocenters. The SMILES string of the molecule is CC(C)C(N)CCN1CCC(N2CCCC2)C1. The highest BCUT2D eigenvalue weighted by molar-refractivity contribution is 4.86. The lowest BCUT2D eigenvalue weighted by Crippen LogP contribution is -2.37. The van der Waals surface area contributed by atoms with Crippen molar-refractivity contribution in [2.24, 2.45) is 11.7 Å². The van der Waals surface area contributed by atoms with Crippen LogP contribution >= 0.6 is 0 Å². The van der Waals surface area contributed by atoms with Crippen molar-refractivity contribution in [3.63, 3.8) is 0 Å². The monoisotopic (exact) mass is 239 g/mol. The highest BCUT2D eigenvalue weighted by Crippen LogP contribution is 2.20. The molecule has 2 aliphatic rings. The van der Waals surface area contributed by atoms with Crippen molar-refractivity contribution in [1.29, 1.82) is 0 Å². The van der Waals surface area contributed by atoms with E-state index < -0.39 is 0 Å². The third-order valence-electron chi connectivity index (χ3n) is 4.54. The van der Waals surface area contributed by atoms with Crippen molar-refractivity contribution in [2.45, 2.75) is 51.6 Å². The zero-order chi connectivity index (χ0) is 12.3. The van der Waals surface area contributed by atoms with E-state index in [9.17, 15) is 0 Å². The van der Waals surface area contributed by atoms with Crippen LogP contribution in [-0.2, 0) is 0 Å². The number of hydrogen-bond donors (Lipinski definition) is 1. The Hall–Kier alpha value is -0.120. The Kier molecular flexibility index (Phi) is 4.83. The topological polar surface area (TPSA) is 32.5 Å². The van der Waals surface area contributed by atoms with Gasteiger partial charge >= 0.3 is 0 Å². The lowest BCUT2D eigenvalue weighted by Gasteiger charge is -2.24. The van der Waals surface area contributed by atoms with Crippen LogP contribution in [0.5, 0.6) is 0 Å². The molecule has 2 fully saturated rings. The van der Waals surface area contributed by atoms with Crippen molar-refractivity contribution in [3.05, 3.63) is 0 Å². The molecule has 0 aromatic heterocycles. The molecule has 0 aliphatic carbocycles. The normalized spacial score (nSPS) is 29.3. The fourth-order valence-corrected chi connectivity index (χ4v) is 3.09. The van der Waals surface area contributed by atoms with Gasteiger partial charge in [-0.25, -0.2) is 0 Å². The van der Waals surface area contributed by atoms with Crippen LogP contribution in [0.2, 0.25) is 0 Å². The summed E-state index contributed by atoms with van der Waals surface area (Å²) in [4.78, 5) is 5.31. The van der Waals surface area contributed by atoms with E-state index in [0.717, 1.165) is 12.5 Å². The van der Waals surface area contributed by atoms with Gasteiger partial charge in [-0.05, 0) is 57.8 Å². The predicted molar refractivity (Wildman–Crippen MR) is 73.1 cm³/mol. The molecule has 2 heterocycles. The first-order valence-corrected chi connectivity index (χ1v) is 7.39. The van der Waals surface area contributed by atoms with Crippen molar-refractivity contribution < 1.29 is 0 Å². The Bertz CT molecular complexity index is 224. The van der Waals surface area contributed by atoms with Crippen LogP contribution in [0.4, 0.5) is 0 Å². The van der Waals surface area contributed by atoms with Crippen LogP contribution in [0, 0.1) is 5.92 Å². The second-order valence-electron chi connectivity index (χ2n) is 6.18. The first-order valence-electron chi connectivity index (χ1n) is 7.39. The molecule has 17 heavy (non-hydrogen) atoms. The summed E-state index contributed by atoms with van der Waals surface area (Å²) in [5.74, 6) is 0.618. The van der Waals surface area contributed by atoms with Crippen LogP contribution in [0.1, 0.15) is 39.5 Å². The molecule has 2 aliphatic heterocycles. The van der Waals surface area contributed by atoms with Crippen molar-refractivity contribution in [3.8, 4) is 0 Å². The molecule has 0 aromatic rings. The van der Waals surface area contributed by atoms with E-state index >= 15 is 0 Å². The summed E-state index contributed by atoms with van der Waals surface area (Å²) >= 11 is 0. The number of nitrogens with zero attached hydrogens (tertiary/aromatic N) is 2. The molecule has 3 nitrogen and oxygen atoms in total. The smallest absolute Gasteiger partial charge is 0.0235 e. The largest absolute Gasteiger partial charge is 0.327 e. The zero-order valence-electron chi connectivity index (χ0n) is 11.6. The van der Waals surface area contributed by atoms with Crippen LogP contribution in [0.25, 0.3) is 0 Å². The first kappa shape index (κ1) is 13.3. The van der Waals surface area contributed by atoms with Gasteiger partial charge in [0.2, 0.25) is 0 Å².